The number of thioether (sulfide) groups is 1. The molecule has 0 aliphatic carbocycles. The number of ether oxygens (including phenoxy) is 2. The summed E-state index contributed by atoms with van der Waals surface area (Å²) in [6.45, 7) is 5.13. The van der Waals surface area contributed by atoms with Crippen LogP contribution in [-0.4, -0.2) is 54.4 Å². The molecule has 9 nitrogen and oxygen atoms in total. The van der Waals surface area contributed by atoms with Crippen LogP contribution in [0.3, 0.4) is 0 Å². The smallest absolute Gasteiger partial charge is 0.408 e. The Bertz CT molecular complexity index is 850. The summed E-state index contributed by atoms with van der Waals surface area (Å²) >= 11 is 1.07. The Labute approximate surface area is 185 Å². The summed E-state index contributed by atoms with van der Waals surface area (Å²) in [6.07, 6.45) is -0.564. The number of alkyl carbamates (subject to hydrolysis) is 1. The van der Waals surface area contributed by atoms with E-state index in [1.165, 1.54) is 12.5 Å². The van der Waals surface area contributed by atoms with Gasteiger partial charge >= 0.3 is 12.1 Å². The molecule has 0 radical (unpaired) electrons. The van der Waals surface area contributed by atoms with Crippen LogP contribution < -0.4 is 16.0 Å². The summed E-state index contributed by atoms with van der Waals surface area (Å²) in [6, 6.07) is 7.15. The molecule has 0 saturated carbocycles. The lowest BCUT2D eigenvalue weighted by Crippen LogP contribution is -2.56. The largest absolute Gasteiger partial charge is 0.464 e. The first-order valence-electron chi connectivity index (χ1n) is 9.64. The van der Waals surface area contributed by atoms with E-state index < -0.39 is 41.6 Å². The van der Waals surface area contributed by atoms with Crippen LogP contribution in [0, 0.1) is 0 Å². The summed E-state index contributed by atoms with van der Waals surface area (Å²) in [4.78, 5) is 49.9. The van der Waals surface area contributed by atoms with Crippen molar-refractivity contribution in [3.63, 3.8) is 0 Å². The third kappa shape index (κ3) is 7.97. The Morgan fingerprint density at radius 3 is 2.45 bits per heavy atom. The summed E-state index contributed by atoms with van der Waals surface area (Å²) in [5, 5.41) is 9.10. The molecule has 0 fully saturated rings. The molecule has 10 heteroatoms. The van der Waals surface area contributed by atoms with Crippen molar-refractivity contribution in [1.29, 1.82) is 0 Å². The first-order chi connectivity index (χ1) is 14.6. The molecule has 3 N–H and O–H groups in total. The Hall–Kier alpha value is -3.01. The van der Waals surface area contributed by atoms with Crippen molar-refractivity contribution < 1.29 is 28.7 Å². The minimum absolute atomic E-state index is 0.0530. The highest BCUT2D eigenvalue weighted by atomic mass is 32.2. The lowest BCUT2D eigenvalue weighted by molar-refractivity contribution is -0.138. The van der Waals surface area contributed by atoms with Crippen LogP contribution in [0.4, 0.5) is 4.79 Å². The third-order valence-corrected chi connectivity index (χ3v) is 4.98. The van der Waals surface area contributed by atoms with Gasteiger partial charge in [0.15, 0.2) is 0 Å². The number of hydrogen-bond acceptors (Lipinski definition) is 7. The normalized spacial score (nSPS) is 21.6. The van der Waals surface area contributed by atoms with Crippen LogP contribution in [0.15, 0.2) is 41.4 Å². The molecule has 0 bridgehead atoms. The molecule has 0 spiro atoms. The van der Waals surface area contributed by atoms with Gasteiger partial charge in [-0.05, 0) is 26.3 Å². The Morgan fingerprint density at radius 1 is 1.16 bits per heavy atom. The minimum Gasteiger partial charge on any atom is -0.464 e. The Balaban J connectivity index is 2.27. The van der Waals surface area contributed by atoms with Gasteiger partial charge < -0.3 is 25.4 Å². The highest BCUT2D eigenvalue weighted by Crippen LogP contribution is 2.14. The number of carbonyl (C=O) groups excluding carboxylic acids is 4. The zero-order valence-electron chi connectivity index (χ0n) is 17.9. The van der Waals surface area contributed by atoms with Gasteiger partial charge in [0.1, 0.15) is 23.4 Å². The highest BCUT2D eigenvalue weighted by Gasteiger charge is 2.30. The lowest BCUT2D eigenvalue weighted by atomic mass is 10.0. The number of amides is 3. The second-order valence-electron chi connectivity index (χ2n) is 7.80. The molecule has 2 atom stereocenters. The van der Waals surface area contributed by atoms with E-state index in [4.69, 9.17) is 9.47 Å². The summed E-state index contributed by atoms with van der Waals surface area (Å²) in [5.41, 5.74) is 0.0227. The predicted molar refractivity (Wildman–Crippen MR) is 116 cm³/mol. The number of hydrogen-bond donors (Lipinski definition) is 3. The third-order valence-electron chi connectivity index (χ3n) is 4.05. The molecule has 31 heavy (non-hydrogen) atoms. The monoisotopic (exact) mass is 449 g/mol. The fourth-order valence-corrected chi connectivity index (χ4v) is 3.50. The van der Waals surface area contributed by atoms with Gasteiger partial charge in [-0.15, -0.1) is 11.8 Å². The van der Waals surface area contributed by atoms with E-state index in [2.05, 4.69) is 16.0 Å². The number of methoxy groups -OCH3 is 1. The summed E-state index contributed by atoms with van der Waals surface area (Å²) in [7, 11) is 1.20. The van der Waals surface area contributed by atoms with Crippen molar-refractivity contribution >= 4 is 35.6 Å². The molecule has 1 aliphatic rings. The zero-order valence-corrected chi connectivity index (χ0v) is 18.7. The maximum Gasteiger partial charge on any atom is 0.408 e. The molecule has 168 valence electrons. The first-order valence-corrected chi connectivity index (χ1v) is 10.7. The van der Waals surface area contributed by atoms with Crippen molar-refractivity contribution in [2.24, 2.45) is 0 Å². The molecule has 3 amide bonds. The van der Waals surface area contributed by atoms with Gasteiger partial charge in [0, 0.05) is 17.6 Å². The SMILES string of the molecule is COC(=O)/C1=C\SC[C@H](NC(=O)OC(C)(C)C)C(=O)N[C@@H](Cc2ccccc2)C(=O)N1. The molecular weight excluding hydrogens is 422 g/mol. The molecule has 2 rings (SSSR count). The van der Waals surface area contributed by atoms with Gasteiger partial charge in [0.25, 0.3) is 0 Å². The van der Waals surface area contributed by atoms with E-state index in [1.807, 2.05) is 30.3 Å². The van der Waals surface area contributed by atoms with Gasteiger partial charge in [-0.3, -0.25) is 9.59 Å². The maximum atomic E-state index is 12.9. The number of esters is 1. The molecule has 1 heterocycles. The second-order valence-corrected chi connectivity index (χ2v) is 8.70. The highest BCUT2D eigenvalue weighted by molar-refractivity contribution is 8.02. The fourth-order valence-electron chi connectivity index (χ4n) is 2.65. The standard InChI is InChI=1S/C21H27N3O6S/c1-21(2,3)30-20(28)24-15-11-31-12-16(19(27)29-4)23-17(25)14(22-18(15)26)10-13-8-6-5-7-9-13/h5-9,12,14-15H,10-11H2,1-4H3,(H,22,26)(H,23,25)(H,24,28)/b16-12+/t14-,15-/m0/s1. The number of nitrogens with one attached hydrogen (secondary N) is 3. The van der Waals surface area contributed by atoms with Crippen LogP contribution in [-0.2, 0) is 30.3 Å². The van der Waals surface area contributed by atoms with E-state index in [-0.39, 0.29) is 17.9 Å². The quantitative estimate of drug-likeness (QED) is 0.595. The average Bonchev–Trinajstić information content (AvgIpc) is 2.69. The maximum absolute atomic E-state index is 12.9. The van der Waals surface area contributed by atoms with Crippen molar-refractivity contribution in [2.45, 2.75) is 44.9 Å². The van der Waals surface area contributed by atoms with Crippen LogP contribution in [0.2, 0.25) is 0 Å². The van der Waals surface area contributed by atoms with Crippen molar-refractivity contribution in [1.82, 2.24) is 16.0 Å². The van der Waals surface area contributed by atoms with Crippen LogP contribution in [0.1, 0.15) is 26.3 Å². The average molecular weight is 450 g/mol. The Kier molecular flexibility index (Phi) is 8.49. The van der Waals surface area contributed by atoms with E-state index in [0.717, 1.165) is 17.3 Å². The van der Waals surface area contributed by atoms with Crippen LogP contribution >= 0.6 is 11.8 Å². The van der Waals surface area contributed by atoms with Gasteiger partial charge in [0.2, 0.25) is 11.8 Å². The second kappa shape index (κ2) is 10.9. The predicted octanol–water partition coefficient (Wildman–Crippen LogP) is 1.48. The summed E-state index contributed by atoms with van der Waals surface area (Å²) in [5.74, 6) is -1.72. The minimum atomic E-state index is -0.987. The molecule has 0 saturated heterocycles. The lowest BCUT2D eigenvalue weighted by Gasteiger charge is -2.26. The number of rotatable bonds is 4. The molecule has 1 aliphatic heterocycles. The van der Waals surface area contributed by atoms with E-state index in [1.54, 1.807) is 20.8 Å². The molecule has 0 aromatic heterocycles. The van der Waals surface area contributed by atoms with Crippen LogP contribution in [0.5, 0.6) is 0 Å². The van der Waals surface area contributed by atoms with Crippen molar-refractivity contribution in [3.05, 3.63) is 47.0 Å². The topological polar surface area (TPSA) is 123 Å². The molecule has 1 aromatic carbocycles. The zero-order chi connectivity index (χ0) is 23.0. The number of benzene rings is 1. The van der Waals surface area contributed by atoms with E-state index >= 15 is 0 Å². The number of carbonyl (C=O) groups is 4. The van der Waals surface area contributed by atoms with Gasteiger partial charge in [-0.25, -0.2) is 9.59 Å². The molecule has 1 aromatic rings. The fraction of sp³-hybridized carbons (Fsp3) is 0.429. The summed E-state index contributed by atoms with van der Waals surface area (Å²) < 4.78 is 9.94. The van der Waals surface area contributed by atoms with Gasteiger partial charge in [-0.2, -0.15) is 0 Å². The molecular formula is C21H27N3O6S. The van der Waals surface area contributed by atoms with Gasteiger partial charge in [-0.1, -0.05) is 30.3 Å². The van der Waals surface area contributed by atoms with Gasteiger partial charge in [0.05, 0.1) is 7.11 Å². The molecule has 0 unspecified atom stereocenters. The van der Waals surface area contributed by atoms with Crippen LogP contribution in [0.25, 0.3) is 0 Å². The first kappa shape index (κ1) is 24.3. The van der Waals surface area contributed by atoms with E-state index in [9.17, 15) is 19.2 Å². The Morgan fingerprint density at radius 2 is 1.84 bits per heavy atom. The van der Waals surface area contributed by atoms with Crippen molar-refractivity contribution in [2.75, 3.05) is 12.9 Å². The van der Waals surface area contributed by atoms with Crippen molar-refractivity contribution in [3.8, 4) is 0 Å². The van der Waals surface area contributed by atoms with E-state index in [0.29, 0.717) is 0 Å².